The molecule has 9 heteroatoms. The van der Waals surface area contributed by atoms with Gasteiger partial charge in [-0.3, -0.25) is 4.79 Å². The third kappa shape index (κ3) is 3.74. The van der Waals surface area contributed by atoms with E-state index in [2.05, 4.69) is 20.4 Å². The highest BCUT2D eigenvalue weighted by Crippen LogP contribution is 2.32. The normalized spacial score (nSPS) is 16.5. The van der Waals surface area contributed by atoms with E-state index < -0.39 is 0 Å². The predicted molar refractivity (Wildman–Crippen MR) is 102 cm³/mol. The molecule has 2 aliphatic heterocycles. The van der Waals surface area contributed by atoms with Gasteiger partial charge in [0, 0.05) is 18.7 Å². The number of nitrogens with zero attached hydrogens (tertiary/aromatic N) is 3. The van der Waals surface area contributed by atoms with E-state index in [0.29, 0.717) is 41.0 Å². The lowest BCUT2D eigenvalue weighted by atomic mass is 10.1. The van der Waals surface area contributed by atoms with E-state index in [1.807, 2.05) is 32.0 Å². The molecule has 0 saturated carbocycles. The summed E-state index contributed by atoms with van der Waals surface area (Å²) in [6.45, 7) is 6.82. The van der Waals surface area contributed by atoms with Crippen LogP contribution in [0, 0.1) is 6.92 Å². The molecule has 27 heavy (non-hydrogen) atoms. The van der Waals surface area contributed by atoms with Crippen molar-refractivity contribution in [3.05, 3.63) is 34.3 Å². The van der Waals surface area contributed by atoms with Gasteiger partial charge in [-0.15, -0.1) is 0 Å². The van der Waals surface area contributed by atoms with Crippen molar-refractivity contribution in [3.63, 3.8) is 0 Å². The Bertz CT molecular complexity index is 889. The Morgan fingerprint density at radius 2 is 2.04 bits per heavy atom. The van der Waals surface area contributed by atoms with Crippen molar-refractivity contribution in [1.82, 2.24) is 10.4 Å². The molecule has 0 unspecified atom stereocenters. The highest BCUT2D eigenvalue weighted by molar-refractivity contribution is 7.17. The van der Waals surface area contributed by atoms with E-state index in [1.165, 1.54) is 11.3 Å². The molecule has 1 saturated heterocycles. The predicted octanol–water partition coefficient (Wildman–Crippen LogP) is 2.17. The van der Waals surface area contributed by atoms with Crippen molar-refractivity contribution in [2.75, 3.05) is 38.0 Å². The van der Waals surface area contributed by atoms with Gasteiger partial charge in [0.1, 0.15) is 4.88 Å². The number of nitrogens with one attached hydrogen (secondary N) is 1. The summed E-state index contributed by atoms with van der Waals surface area (Å²) in [4.78, 5) is 19.8. The van der Waals surface area contributed by atoms with Crippen molar-refractivity contribution in [1.29, 1.82) is 0 Å². The molecule has 3 heterocycles. The topological polar surface area (TPSA) is 85.3 Å². The Hall–Kier alpha value is -2.65. The average Bonchev–Trinajstić information content (AvgIpc) is 3.32. The molecule has 142 valence electrons. The Morgan fingerprint density at radius 3 is 2.85 bits per heavy atom. The van der Waals surface area contributed by atoms with Crippen LogP contribution in [0.5, 0.6) is 11.5 Å². The highest BCUT2D eigenvalue weighted by atomic mass is 32.1. The smallest absolute Gasteiger partial charge is 0.283 e. The molecule has 4 rings (SSSR count). The zero-order valence-corrected chi connectivity index (χ0v) is 16.0. The minimum absolute atomic E-state index is 0.224. The van der Waals surface area contributed by atoms with Crippen LogP contribution in [-0.4, -0.2) is 49.7 Å². The maximum absolute atomic E-state index is 12.5. The molecule has 0 spiro atoms. The number of carbonyl (C=O) groups is 1. The Labute approximate surface area is 160 Å². The van der Waals surface area contributed by atoms with E-state index in [9.17, 15) is 4.79 Å². The van der Waals surface area contributed by atoms with Crippen LogP contribution in [0.2, 0.25) is 0 Å². The first kappa shape index (κ1) is 17.7. The van der Waals surface area contributed by atoms with Gasteiger partial charge < -0.3 is 19.1 Å². The Kier molecular flexibility index (Phi) is 4.95. The van der Waals surface area contributed by atoms with Crippen molar-refractivity contribution >= 4 is 28.1 Å². The molecule has 0 aliphatic carbocycles. The van der Waals surface area contributed by atoms with Gasteiger partial charge in [-0.2, -0.15) is 5.10 Å². The van der Waals surface area contributed by atoms with E-state index >= 15 is 0 Å². The van der Waals surface area contributed by atoms with Crippen molar-refractivity contribution in [2.24, 2.45) is 5.10 Å². The van der Waals surface area contributed by atoms with Gasteiger partial charge in [0.05, 0.1) is 24.6 Å². The number of thiazole rings is 1. The summed E-state index contributed by atoms with van der Waals surface area (Å²) in [7, 11) is 0. The fraction of sp³-hybridized carbons (Fsp3) is 0.389. The number of fused-ring (bicyclic) bond motifs is 1. The van der Waals surface area contributed by atoms with Crippen LogP contribution in [0.15, 0.2) is 23.3 Å². The van der Waals surface area contributed by atoms with Gasteiger partial charge in [-0.05, 0) is 32.0 Å². The molecule has 1 amide bonds. The zero-order chi connectivity index (χ0) is 18.8. The summed E-state index contributed by atoms with van der Waals surface area (Å²) in [5, 5.41) is 5.07. The molecule has 1 aromatic carbocycles. The number of benzene rings is 1. The van der Waals surface area contributed by atoms with Crippen LogP contribution in [0.4, 0.5) is 5.13 Å². The number of ether oxygens (including phenoxy) is 3. The lowest BCUT2D eigenvalue weighted by Crippen LogP contribution is -2.36. The lowest BCUT2D eigenvalue weighted by molar-refractivity contribution is 0.0958. The quantitative estimate of drug-likeness (QED) is 0.638. The first-order chi connectivity index (χ1) is 13.1. The molecule has 0 atom stereocenters. The van der Waals surface area contributed by atoms with Crippen LogP contribution in [0.3, 0.4) is 0 Å². The van der Waals surface area contributed by atoms with Crippen molar-refractivity contribution < 1.29 is 19.0 Å². The standard InChI is InChI=1S/C18H20N4O4S/c1-11(13-3-4-14-15(9-13)26-10-25-14)20-21-17(23)16-12(2)19-18(27-16)22-5-7-24-8-6-22/h3-4,9H,5-8,10H2,1-2H3,(H,21,23)/b20-11-. The van der Waals surface area contributed by atoms with Crippen LogP contribution < -0.4 is 19.8 Å². The maximum atomic E-state index is 12.5. The summed E-state index contributed by atoms with van der Waals surface area (Å²) in [5.74, 6) is 1.14. The fourth-order valence-electron chi connectivity index (χ4n) is 2.85. The molecule has 8 nitrogen and oxygen atoms in total. The second kappa shape index (κ2) is 7.53. The van der Waals surface area contributed by atoms with Crippen molar-refractivity contribution in [2.45, 2.75) is 13.8 Å². The molecular weight excluding hydrogens is 368 g/mol. The van der Waals surface area contributed by atoms with Crippen LogP contribution in [0.25, 0.3) is 0 Å². The number of anilines is 1. The minimum Gasteiger partial charge on any atom is -0.454 e. The monoisotopic (exact) mass is 388 g/mol. The van der Waals surface area contributed by atoms with Gasteiger partial charge in [0.2, 0.25) is 6.79 Å². The Balaban J connectivity index is 1.45. The van der Waals surface area contributed by atoms with Gasteiger partial charge in [-0.1, -0.05) is 11.3 Å². The third-order valence-electron chi connectivity index (χ3n) is 4.39. The summed E-state index contributed by atoms with van der Waals surface area (Å²) in [6, 6.07) is 5.56. The summed E-state index contributed by atoms with van der Waals surface area (Å²) in [5.41, 5.74) is 4.86. The summed E-state index contributed by atoms with van der Waals surface area (Å²) in [6.07, 6.45) is 0. The molecular formula is C18H20N4O4S. The third-order valence-corrected chi connectivity index (χ3v) is 5.61. The maximum Gasteiger partial charge on any atom is 0.283 e. The van der Waals surface area contributed by atoms with Crippen LogP contribution in [0.1, 0.15) is 27.9 Å². The number of morpholine rings is 1. The second-order valence-corrected chi connectivity index (χ2v) is 7.19. The molecule has 0 radical (unpaired) electrons. The van der Waals surface area contributed by atoms with Crippen LogP contribution >= 0.6 is 11.3 Å². The lowest BCUT2D eigenvalue weighted by Gasteiger charge is -2.25. The molecule has 1 fully saturated rings. The number of hydrogen-bond acceptors (Lipinski definition) is 8. The number of hydrogen-bond donors (Lipinski definition) is 1. The molecule has 2 aliphatic rings. The average molecular weight is 388 g/mol. The highest BCUT2D eigenvalue weighted by Gasteiger charge is 2.20. The summed E-state index contributed by atoms with van der Waals surface area (Å²) >= 11 is 1.38. The van der Waals surface area contributed by atoms with E-state index in [0.717, 1.165) is 23.8 Å². The molecule has 1 aromatic heterocycles. The van der Waals surface area contributed by atoms with Gasteiger partial charge in [0.15, 0.2) is 16.6 Å². The number of aryl methyl sites for hydroxylation is 1. The van der Waals surface area contributed by atoms with E-state index in [1.54, 1.807) is 0 Å². The molecule has 0 bridgehead atoms. The van der Waals surface area contributed by atoms with E-state index in [-0.39, 0.29) is 12.7 Å². The number of carbonyl (C=O) groups excluding carboxylic acids is 1. The minimum atomic E-state index is -0.260. The molecule has 2 aromatic rings. The van der Waals surface area contributed by atoms with Gasteiger partial charge >= 0.3 is 0 Å². The van der Waals surface area contributed by atoms with Gasteiger partial charge in [-0.25, -0.2) is 10.4 Å². The zero-order valence-electron chi connectivity index (χ0n) is 15.2. The number of aromatic nitrogens is 1. The fourth-order valence-corrected chi connectivity index (χ4v) is 3.86. The number of amides is 1. The van der Waals surface area contributed by atoms with Crippen molar-refractivity contribution in [3.8, 4) is 11.5 Å². The number of hydrazone groups is 1. The number of rotatable bonds is 4. The SMILES string of the molecule is C/C(=N/NC(=O)c1sc(N2CCOCC2)nc1C)c1ccc2c(c1)OCO2. The summed E-state index contributed by atoms with van der Waals surface area (Å²) < 4.78 is 16.0. The Morgan fingerprint density at radius 1 is 1.26 bits per heavy atom. The second-order valence-electron chi connectivity index (χ2n) is 6.22. The van der Waals surface area contributed by atoms with Crippen LogP contribution in [-0.2, 0) is 4.74 Å². The molecule has 1 N–H and O–H groups in total. The van der Waals surface area contributed by atoms with Gasteiger partial charge in [0.25, 0.3) is 5.91 Å². The first-order valence-corrected chi connectivity index (χ1v) is 9.48. The first-order valence-electron chi connectivity index (χ1n) is 8.66. The van der Waals surface area contributed by atoms with E-state index in [4.69, 9.17) is 14.2 Å². The largest absolute Gasteiger partial charge is 0.454 e.